The molecule has 24 heavy (non-hydrogen) atoms. The molecule has 2 aromatic carbocycles. The number of hydrogen-bond acceptors (Lipinski definition) is 2. The molecule has 1 unspecified atom stereocenters. The number of nitrogens with one attached hydrogen (secondary N) is 1. The van der Waals surface area contributed by atoms with Crippen molar-refractivity contribution in [2.24, 2.45) is 5.92 Å². The second kappa shape index (κ2) is 7.73. The molecule has 0 aliphatic rings. The first-order chi connectivity index (χ1) is 11.7. The van der Waals surface area contributed by atoms with Crippen molar-refractivity contribution in [3.63, 3.8) is 0 Å². The standard InChI is InChI=1S/C21H22N2O/c1-16(8-5-11-17-9-3-2-4-10-17)21(24)23-19-14-6-12-18-13-7-15-22-20(18)19/h2-4,6-7,9-10,12-16H,5,8,11H2,1H3,(H,23,24). The lowest BCUT2D eigenvalue weighted by atomic mass is 10.00. The van der Waals surface area contributed by atoms with E-state index in [0.29, 0.717) is 0 Å². The predicted molar refractivity (Wildman–Crippen MR) is 98.9 cm³/mol. The molecule has 3 nitrogen and oxygen atoms in total. The molecule has 0 saturated carbocycles. The van der Waals surface area contributed by atoms with E-state index in [1.807, 2.05) is 43.3 Å². The van der Waals surface area contributed by atoms with Crippen LogP contribution in [0, 0.1) is 5.92 Å². The van der Waals surface area contributed by atoms with E-state index in [1.165, 1.54) is 5.56 Å². The minimum atomic E-state index is -0.0207. The van der Waals surface area contributed by atoms with Crippen molar-refractivity contribution in [1.29, 1.82) is 0 Å². The lowest BCUT2D eigenvalue weighted by Crippen LogP contribution is -2.20. The third-order valence-corrected chi connectivity index (χ3v) is 4.28. The molecule has 0 bridgehead atoms. The molecule has 0 radical (unpaired) electrons. The fourth-order valence-corrected chi connectivity index (χ4v) is 2.85. The summed E-state index contributed by atoms with van der Waals surface area (Å²) < 4.78 is 0. The Morgan fingerprint density at radius 3 is 2.67 bits per heavy atom. The zero-order chi connectivity index (χ0) is 16.8. The van der Waals surface area contributed by atoms with Crippen molar-refractivity contribution in [2.75, 3.05) is 5.32 Å². The minimum absolute atomic E-state index is 0.0207. The molecule has 3 aromatic rings. The summed E-state index contributed by atoms with van der Waals surface area (Å²) >= 11 is 0. The van der Waals surface area contributed by atoms with Gasteiger partial charge < -0.3 is 5.32 Å². The maximum atomic E-state index is 12.5. The molecule has 0 saturated heterocycles. The molecule has 0 fully saturated rings. The molecule has 0 spiro atoms. The number of anilines is 1. The first-order valence-corrected chi connectivity index (χ1v) is 8.42. The molecule has 1 atom stereocenters. The number of hydrogen-bond donors (Lipinski definition) is 1. The van der Waals surface area contributed by atoms with Crippen LogP contribution in [0.1, 0.15) is 25.3 Å². The van der Waals surface area contributed by atoms with Gasteiger partial charge in [-0.25, -0.2) is 0 Å². The number of carbonyl (C=O) groups is 1. The number of aromatic nitrogens is 1. The maximum Gasteiger partial charge on any atom is 0.227 e. The van der Waals surface area contributed by atoms with Crippen LogP contribution in [-0.4, -0.2) is 10.9 Å². The average molecular weight is 318 g/mol. The van der Waals surface area contributed by atoms with Crippen molar-refractivity contribution in [1.82, 2.24) is 4.98 Å². The van der Waals surface area contributed by atoms with Crippen LogP contribution in [0.3, 0.4) is 0 Å². The van der Waals surface area contributed by atoms with Gasteiger partial charge in [-0.1, -0.05) is 55.5 Å². The normalized spacial score (nSPS) is 12.0. The molecular formula is C21H22N2O. The minimum Gasteiger partial charge on any atom is -0.324 e. The Bertz CT molecular complexity index is 809. The van der Waals surface area contributed by atoms with Crippen molar-refractivity contribution in [3.05, 3.63) is 72.4 Å². The first-order valence-electron chi connectivity index (χ1n) is 8.42. The van der Waals surface area contributed by atoms with E-state index < -0.39 is 0 Å². The summed E-state index contributed by atoms with van der Waals surface area (Å²) in [4.78, 5) is 16.8. The van der Waals surface area contributed by atoms with Crippen molar-refractivity contribution in [2.45, 2.75) is 26.2 Å². The Balaban J connectivity index is 1.57. The summed E-state index contributed by atoms with van der Waals surface area (Å²) in [6, 6.07) is 20.2. The van der Waals surface area contributed by atoms with E-state index in [-0.39, 0.29) is 11.8 Å². The average Bonchev–Trinajstić information content (AvgIpc) is 2.63. The van der Waals surface area contributed by atoms with Gasteiger partial charge in [0.1, 0.15) is 0 Å². The summed E-state index contributed by atoms with van der Waals surface area (Å²) in [5.74, 6) is 0.0360. The van der Waals surface area contributed by atoms with E-state index in [0.717, 1.165) is 35.9 Å². The molecule has 3 heteroatoms. The van der Waals surface area contributed by atoms with Gasteiger partial charge in [-0.3, -0.25) is 9.78 Å². The van der Waals surface area contributed by atoms with E-state index in [4.69, 9.17) is 0 Å². The van der Waals surface area contributed by atoms with Gasteiger partial charge in [0.2, 0.25) is 5.91 Å². The monoisotopic (exact) mass is 318 g/mol. The molecule has 122 valence electrons. The topological polar surface area (TPSA) is 42.0 Å². The fraction of sp³-hybridized carbons (Fsp3) is 0.238. The SMILES string of the molecule is CC(CCCc1ccccc1)C(=O)Nc1cccc2cccnc12. The Kier molecular flexibility index (Phi) is 5.22. The number of nitrogens with zero attached hydrogens (tertiary/aromatic N) is 1. The van der Waals surface area contributed by atoms with E-state index in [9.17, 15) is 4.79 Å². The Hall–Kier alpha value is -2.68. The number of aryl methyl sites for hydroxylation is 1. The fourth-order valence-electron chi connectivity index (χ4n) is 2.85. The Morgan fingerprint density at radius 2 is 1.83 bits per heavy atom. The number of pyridine rings is 1. The van der Waals surface area contributed by atoms with Crippen LogP contribution in [0.5, 0.6) is 0 Å². The molecule has 1 heterocycles. The highest BCUT2D eigenvalue weighted by Gasteiger charge is 2.14. The van der Waals surface area contributed by atoms with Crippen LogP contribution in [0.25, 0.3) is 10.9 Å². The summed E-state index contributed by atoms with van der Waals surface area (Å²) in [5, 5.41) is 4.07. The highest BCUT2D eigenvalue weighted by Crippen LogP contribution is 2.22. The van der Waals surface area contributed by atoms with Gasteiger partial charge in [-0.05, 0) is 37.0 Å². The smallest absolute Gasteiger partial charge is 0.227 e. The van der Waals surface area contributed by atoms with Crippen molar-refractivity contribution >= 4 is 22.5 Å². The van der Waals surface area contributed by atoms with Crippen molar-refractivity contribution in [3.8, 4) is 0 Å². The Labute approximate surface area is 142 Å². The van der Waals surface area contributed by atoms with Gasteiger partial charge in [0.25, 0.3) is 0 Å². The molecule has 0 aliphatic carbocycles. The summed E-state index contributed by atoms with van der Waals surface area (Å²) in [6.45, 7) is 1.99. The van der Waals surface area contributed by atoms with Gasteiger partial charge in [0.15, 0.2) is 0 Å². The summed E-state index contributed by atoms with van der Waals surface area (Å²) in [7, 11) is 0. The summed E-state index contributed by atoms with van der Waals surface area (Å²) in [5.41, 5.74) is 2.95. The second-order valence-corrected chi connectivity index (χ2v) is 6.15. The largest absolute Gasteiger partial charge is 0.324 e. The van der Waals surface area contributed by atoms with Crippen LogP contribution in [0.15, 0.2) is 66.9 Å². The van der Waals surface area contributed by atoms with Gasteiger partial charge in [-0.2, -0.15) is 0 Å². The maximum absolute atomic E-state index is 12.5. The van der Waals surface area contributed by atoms with Gasteiger partial charge in [-0.15, -0.1) is 0 Å². The quantitative estimate of drug-likeness (QED) is 0.707. The zero-order valence-corrected chi connectivity index (χ0v) is 13.9. The van der Waals surface area contributed by atoms with E-state index >= 15 is 0 Å². The van der Waals surface area contributed by atoms with E-state index in [2.05, 4.69) is 34.6 Å². The van der Waals surface area contributed by atoms with Crippen LogP contribution in [-0.2, 0) is 11.2 Å². The van der Waals surface area contributed by atoms with Crippen LogP contribution >= 0.6 is 0 Å². The highest BCUT2D eigenvalue weighted by atomic mass is 16.1. The van der Waals surface area contributed by atoms with Gasteiger partial charge in [0, 0.05) is 17.5 Å². The number of para-hydroxylation sites is 1. The third kappa shape index (κ3) is 3.99. The number of benzene rings is 2. The second-order valence-electron chi connectivity index (χ2n) is 6.15. The predicted octanol–water partition coefficient (Wildman–Crippen LogP) is 4.83. The molecule has 0 aliphatic heterocycles. The number of amides is 1. The lowest BCUT2D eigenvalue weighted by molar-refractivity contribution is -0.119. The molecular weight excluding hydrogens is 296 g/mol. The first kappa shape index (κ1) is 16.2. The van der Waals surface area contributed by atoms with Crippen LogP contribution < -0.4 is 5.32 Å². The Morgan fingerprint density at radius 1 is 1.04 bits per heavy atom. The third-order valence-electron chi connectivity index (χ3n) is 4.28. The van der Waals surface area contributed by atoms with Crippen LogP contribution in [0.4, 0.5) is 5.69 Å². The number of carbonyl (C=O) groups excluding carboxylic acids is 1. The molecule has 1 amide bonds. The molecule has 1 N–H and O–H groups in total. The number of rotatable bonds is 6. The zero-order valence-electron chi connectivity index (χ0n) is 13.9. The molecule has 1 aromatic heterocycles. The lowest BCUT2D eigenvalue weighted by Gasteiger charge is -2.13. The van der Waals surface area contributed by atoms with Crippen molar-refractivity contribution < 1.29 is 4.79 Å². The number of fused-ring (bicyclic) bond motifs is 1. The molecule has 3 rings (SSSR count). The van der Waals surface area contributed by atoms with Crippen LogP contribution in [0.2, 0.25) is 0 Å². The van der Waals surface area contributed by atoms with Gasteiger partial charge in [0.05, 0.1) is 11.2 Å². The summed E-state index contributed by atoms with van der Waals surface area (Å²) in [6.07, 6.45) is 4.64. The van der Waals surface area contributed by atoms with E-state index in [1.54, 1.807) is 6.20 Å². The highest BCUT2D eigenvalue weighted by molar-refractivity contribution is 6.00. The van der Waals surface area contributed by atoms with Gasteiger partial charge >= 0.3 is 0 Å².